The fourth-order valence-corrected chi connectivity index (χ4v) is 3.27. The van der Waals surface area contributed by atoms with Crippen molar-refractivity contribution in [2.75, 3.05) is 26.7 Å². The van der Waals surface area contributed by atoms with Gasteiger partial charge in [-0.25, -0.2) is 4.98 Å². The number of nitrogens with one attached hydrogen (secondary N) is 3. The fraction of sp³-hybridized carbons (Fsp3) is 0.381. The minimum Gasteiger partial charge on any atom is -0.461 e. The molecule has 1 unspecified atom stereocenters. The van der Waals surface area contributed by atoms with Crippen LogP contribution in [-0.4, -0.2) is 52.7 Å². The van der Waals surface area contributed by atoms with Crippen molar-refractivity contribution in [1.82, 2.24) is 30.7 Å². The van der Waals surface area contributed by atoms with Gasteiger partial charge in [-0.3, -0.25) is 15.0 Å². The lowest BCUT2D eigenvalue weighted by Crippen LogP contribution is -2.43. The van der Waals surface area contributed by atoms with Crippen LogP contribution in [0, 0.1) is 0 Å². The van der Waals surface area contributed by atoms with Crippen molar-refractivity contribution in [3.63, 3.8) is 0 Å². The van der Waals surface area contributed by atoms with Gasteiger partial charge >= 0.3 is 0 Å². The average molecular weight is 396 g/mol. The number of H-pyrrole nitrogens is 1. The van der Waals surface area contributed by atoms with Gasteiger partial charge < -0.3 is 15.1 Å². The van der Waals surface area contributed by atoms with Crippen molar-refractivity contribution in [3.05, 3.63) is 60.1 Å². The second-order valence-electron chi connectivity index (χ2n) is 6.54. The molecule has 1 aromatic carbocycles. The number of likely N-dealkylation sites (N-methyl/N-ethyl adjacent to an activating group) is 1. The Balaban J connectivity index is 1.58. The van der Waals surface area contributed by atoms with Gasteiger partial charge in [-0.1, -0.05) is 44.2 Å². The Bertz CT molecular complexity index is 870. The molecule has 0 saturated heterocycles. The van der Waals surface area contributed by atoms with E-state index in [0.29, 0.717) is 29.9 Å². The monoisotopic (exact) mass is 395 g/mol. The average Bonchev–Trinajstić information content (AvgIpc) is 3.45. The van der Waals surface area contributed by atoms with Crippen LogP contribution >= 0.6 is 0 Å². The first-order chi connectivity index (χ1) is 14.2. The van der Waals surface area contributed by atoms with Gasteiger partial charge in [-0.15, -0.1) is 5.10 Å². The van der Waals surface area contributed by atoms with Crippen molar-refractivity contribution < 1.29 is 4.42 Å². The lowest BCUT2D eigenvalue weighted by atomic mass is 10.1. The molecule has 0 radical (unpaired) electrons. The van der Waals surface area contributed by atoms with Gasteiger partial charge in [0.15, 0.2) is 11.7 Å². The summed E-state index contributed by atoms with van der Waals surface area (Å²) in [6.07, 6.45) is 1.61. The molecule has 8 nitrogen and oxygen atoms in total. The summed E-state index contributed by atoms with van der Waals surface area (Å²) in [5, 5.41) is 13.8. The summed E-state index contributed by atoms with van der Waals surface area (Å²) in [7, 11) is 1.76. The normalized spacial score (nSPS) is 12.9. The Morgan fingerprint density at radius 3 is 2.59 bits per heavy atom. The van der Waals surface area contributed by atoms with Crippen molar-refractivity contribution in [1.29, 1.82) is 0 Å². The number of furan rings is 1. The maximum absolute atomic E-state index is 5.32. The minimum atomic E-state index is 0.264. The largest absolute Gasteiger partial charge is 0.461 e. The SMILES string of the molecule is CCN(CC)C(CNC(=NC)NCc1nc(-c2ccco2)n[nH]1)c1ccccc1. The Kier molecular flexibility index (Phi) is 7.40. The molecule has 0 spiro atoms. The van der Waals surface area contributed by atoms with E-state index >= 15 is 0 Å². The van der Waals surface area contributed by atoms with E-state index in [1.807, 2.05) is 18.2 Å². The standard InChI is InChI=1S/C21H29N7O/c1-4-28(5-2)17(16-10-7-6-8-11-16)14-23-21(22-3)24-15-19-25-20(27-26-19)18-12-9-13-29-18/h6-13,17H,4-5,14-15H2,1-3H3,(H2,22,23,24)(H,25,26,27). The first kappa shape index (κ1) is 20.6. The number of hydrogen-bond donors (Lipinski definition) is 3. The van der Waals surface area contributed by atoms with Crippen LogP contribution in [0.4, 0.5) is 0 Å². The van der Waals surface area contributed by atoms with Gasteiger partial charge in [0, 0.05) is 13.6 Å². The van der Waals surface area contributed by atoms with Gasteiger partial charge in [0.2, 0.25) is 5.82 Å². The van der Waals surface area contributed by atoms with E-state index in [1.54, 1.807) is 13.3 Å². The van der Waals surface area contributed by atoms with Crippen LogP contribution in [0.15, 0.2) is 58.1 Å². The first-order valence-corrected chi connectivity index (χ1v) is 9.93. The van der Waals surface area contributed by atoms with Crippen molar-refractivity contribution >= 4 is 5.96 Å². The molecule has 2 aromatic heterocycles. The van der Waals surface area contributed by atoms with Crippen LogP contribution in [0.5, 0.6) is 0 Å². The number of nitrogens with zero attached hydrogens (tertiary/aromatic N) is 4. The van der Waals surface area contributed by atoms with E-state index in [0.717, 1.165) is 19.6 Å². The second kappa shape index (κ2) is 10.4. The molecule has 3 rings (SSSR count). The molecular formula is C21H29N7O. The molecule has 0 fully saturated rings. The lowest BCUT2D eigenvalue weighted by molar-refractivity contribution is 0.219. The summed E-state index contributed by atoms with van der Waals surface area (Å²) < 4.78 is 5.32. The third-order valence-electron chi connectivity index (χ3n) is 4.82. The highest BCUT2D eigenvalue weighted by molar-refractivity contribution is 5.79. The number of aliphatic imine (C=N–C) groups is 1. The van der Waals surface area contributed by atoms with Crippen LogP contribution in [0.1, 0.15) is 31.3 Å². The molecule has 3 aromatic rings. The molecule has 0 saturated carbocycles. The summed E-state index contributed by atoms with van der Waals surface area (Å²) in [4.78, 5) is 11.2. The molecule has 29 heavy (non-hydrogen) atoms. The number of aromatic nitrogens is 3. The second-order valence-corrected chi connectivity index (χ2v) is 6.54. The molecule has 3 N–H and O–H groups in total. The van der Waals surface area contributed by atoms with Gasteiger partial charge in [0.25, 0.3) is 0 Å². The number of guanidine groups is 1. The van der Waals surface area contributed by atoms with E-state index in [9.17, 15) is 0 Å². The van der Waals surface area contributed by atoms with E-state index in [2.05, 4.69) is 73.8 Å². The molecule has 0 amide bonds. The number of aromatic amines is 1. The maximum atomic E-state index is 5.32. The van der Waals surface area contributed by atoms with Gasteiger partial charge in [-0.2, -0.15) is 0 Å². The lowest BCUT2D eigenvalue weighted by Gasteiger charge is -2.30. The highest BCUT2D eigenvalue weighted by atomic mass is 16.3. The van der Waals surface area contributed by atoms with Gasteiger partial charge in [-0.05, 0) is 30.8 Å². The third kappa shape index (κ3) is 5.45. The topological polar surface area (TPSA) is 94.4 Å². The van der Waals surface area contributed by atoms with E-state index in [-0.39, 0.29) is 6.04 Å². The number of rotatable bonds is 9. The Labute approximate surface area is 171 Å². The van der Waals surface area contributed by atoms with Gasteiger partial charge in [0.1, 0.15) is 5.82 Å². The van der Waals surface area contributed by atoms with Crippen LogP contribution in [-0.2, 0) is 6.54 Å². The first-order valence-electron chi connectivity index (χ1n) is 9.93. The Morgan fingerprint density at radius 2 is 1.93 bits per heavy atom. The summed E-state index contributed by atoms with van der Waals surface area (Å²) in [6, 6.07) is 14.5. The predicted molar refractivity (Wildman–Crippen MR) is 114 cm³/mol. The van der Waals surface area contributed by atoms with E-state index < -0.39 is 0 Å². The smallest absolute Gasteiger partial charge is 0.216 e. The quantitative estimate of drug-likeness (QED) is 0.381. The summed E-state index contributed by atoms with van der Waals surface area (Å²) in [6.45, 7) is 7.57. The zero-order valence-electron chi connectivity index (χ0n) is 17.2. The summed E-state index contributed by atoms with van der Waals surface area (Å²) >= 11 is 0. The van der Waals surface area contributed by atoms with Crippen LogP contribution in [0.25, 0.3) is 11.6 Å². The van der Waals surface area contributed by atoms with Crippen molar-refractivity contribution in [2.24, 2.45) is 4.99 Å². The Morgan fingerprint density at radius 1 is 1.14 bits per heavy atom. The van der Waals surface area contributed by atoms with Crippen molar-refractivity contribution in [3.8, 4) is 11.6 Å². The zero-order valence-corrected chi connectivity index (χ0v) is 17.2. The molecule has 154 valence electrons. The predicted octanol–water partition coefficient (Wildman–Crippen LogP) is 2.81. The molecule has 2 heterocycles. The fourth-order valence-electron chi connectivity index (χ4n) is 3.27. The molecule has 8 heteroatoms. The molecule has 0 aliphatic rings. The molecule has 0 bridgehead atoms. The van der Waals surface area contributed by atoms with Crippen molar-refractivity contribution in [2.45, 2.75) is 26.4 Å². The molecule has 1 atom stereocenters. The van der Waals surface area contributed by atoms with E-state index in [1.165, 1.54) is 5.56 Å². The highest BCUT2D eigenvalue weighted by Crippen LogP contribution is 2.19. The van der Waals surface area contributed by atoms with Crippen LogP contribution in [0.2, 0.25) is 0 Å². The summed E-state index contributed by atoms with van der Waals surface area (Å²) in [5.41, 5.74) is 1.29. The number of hydrogen-bond acceptors (Lipinski definition) is 5. The molecule has 0 aliphatic heterocycles. The maximum Gasteiger partial charge on any atom is 0.216 e. The van der Waals surface area contributed by atoms with Crippen LogP contribution in [0.3, 0.4) is 0 Å². The highest BCUT2D eigenvalue weighted by Gasteiger charge is 2.18. The van der Waals surface area contributed by atoms with Gasteiger partial charge in [0.05, 0.1) is 18.8 Å². The minimum absolute atomic E-state index is 0.264. The van der Waals surface area contributed by atoms with Crippen LogP contribution < -0.4 is 10.6 Å². The Hall–Kier alpha value is -3.13. The third-order valence-corrected chi connectivity index (χ3v) is 4.82. The molecular weight excluding hydrogens is 366 g/mol. The van der Waals surface area contributed by atoms with E-state index in [4.69, 9.17) is 4.42 Å². The summed E-state index contributed by atoms with van der Waals surface area (Å²) in [5.74, 6) is 2.61. The zero-order chi connectivity index (χ0) is 20.5. The molecule has 0 aliphatic carbocycles. The number of benzene rings is 1.